The largest absolute Gasteiger partial charge is 0.462 e. The zero-order valence-corrected chi connectivity index (χ0v) is 15.4. The third-order valence-electron chi connectivity index (χ3n) is 5.53. The fourth-order valence-corrected chi connectivity index (χ4v) is 4.31. The summed E-state index contributed by atoms with van der Waals surface area (Å²) in [6, 6.07) is 14.0. The van der Waals surface area contributed by atoms with E-state index in [2.05, 4.69) is 29.2 Å². The van der Waals surface area contributed by atoms with Crippen LogP contribution in [0.4, 0.5) is 5.69 Å². The van der Waals surface area contributed by atoms with Crippen LogP contribution in [0.15, 0.2) is 65.2 Å². The van der Waals surface area contributed by atoms with E-state index in [9.17, 15) is 0 Å². The fourth-order valence-electron chi connectivity index (χ4n) is 4.31. The standard InChI is InChI=1S/C23H21N3O/c1-16-12-18(19(14-24)15-25)13-23(27-16)11-4-17-2-5-20(6-3-17)26-21-7-8-22(26)10-9-21/h2-6,11-13,21-22H,7-10H2,1H3/b11-4+. The fraction of sp³-hybridized carbons (Fsp3) is 0.304. The Kier molecular flexibility index (Phi) is 4.57. The van der Waals surface area contributed by atoms with Crippen molar-refractivity contribution in [1.29, 1.82) is 10.5 Å². The van der Waals surface area contributed by atoms with Gasteiger partial charge in [-0.05, 0) is 68.5 Å². The Morgan fingerprint density at radius 2 is 1.63 bits per heavy atom. The first kappa shape index (κ1) is 17.2. The van der Waals surface area contributed by atoms with Gasteiger partial charge in [0.25, 0.3) is 0 Å². The Morgan fingerprint density at radius 3 is 2.22 bits per heavy atom. The van der Waals surface area contributed by atoms with Crippen LogP contribution in [0.25, 0.3) is 6.08 Å². The Hall–Kier alpha value is -3.24. The van der Waals surface area contributed by atoms with Crippen LogP contribution < -0.4 is 4.90 Å². The smallest absolute Gasteiger partial charge is 0.137 e. The highest BCUT2D eigenvalue weighted by Gasteiger charge is 2.39. The van der Waals surface area contributed by atoms with E-state index in [0.717, 1.165) is 17.6 Å². The van der Waals surface area contributed by atoms with Crippen LogP contribution in [0.2, 0.25) is 0 Å². The van der Waals surface area contributed by atoms with Crippen molar-refractivity contribution in [2.24, 2.45) is 0 Å². The number of anilines is 1. The van der Waals surface area contributed by atoms with Gasteiger partial charge in [0, 0.05) is 23.3 Å². The van der Waals surface area contributed by atoms with E-state index >= 15 is 0 Å². The van der Waals surface area contributed by atoms with Gasteiger partial charge in [0.2, 0.25) is 0 Å². The lowest BCUT2D eigenvalue weighted by Crippen LogP contribution is -2.27. The van der Waals surface area contributed by atoms with E-state index in [4.69, 9.17) is 15.3 Å². The van der Waals surface area contributed by atoms with Crippen molar-refractivity contribution in [3.05, 3.63) is 70.7 Å². The normalized spacial score (nSPS) is 23.5. The van der Waals surface area contributed by atoms with E-state index in [0.29, 0.717) is 17.1 Å². The van der Waals surface area contributed by atoms with E-state index in [1.54, 1.807) is 12.2 Å². The zero-order chi connectivity index (χ0) is 18.8. The summed E-state index contributed by atoms with van der Waals surface area (Å²) in [7, 11) is 0. The molecule has 0 atom stereocenters. The van der Waals surface area contributed by atoms with Gasteiger partial charge in [-0.3, -0.25) is 0 Å². The highest BCUT2D eigenvalue weighted by atomic mass is 16.5. The van der Waals surface area contributed by atoms with Gasteiger partial charge in [0.05, 0.1) is 0 Å². The van der Waals surface area contributed by atoms with Crippen LogP contribution >= 0.6 is 0 Å². The van der Waals surface area contributed by atoms with Crippen molar-refractivity contribution in [2.45, 2.75) is 44.7 Å². The first-order valence-electron chi connectivity index (χ1n) is 9.37. The summed E-state index contributed by atoms with van der Waals surface area (Å²) in [5.74, 6) is 1.28. The average molecular weight is 355 g/mol. The highest BCUT2D eigenvalue weighted by molar-refractivity contribution is 5.60. The molecule has 0 unspecified atom stereocenters. The zero-order valence-electron chi connectivity index (χ0n) is 15.4. The maximum Gasteiger partial charge on any atom is 0.137 e. The molecule has 0 N–H and O–H groups in total. The molecule has 1 aromatic rings. The summed E-state index contributed by atoms with van der Waals surface area (Å²) in [6.07, 6.45) is 12.6. The number of nitriles is 2. The number of benzene rings is 1. The molecule has 0 saturated carbocycles. The molecule has 3 heterocycles. The predicted octanol–water partition coefficient (Wildman–Crippen LogP) is 4.99. The molecule has 4 rings (SSSR count). The molecule has 0 aliphatic carbocycles. The van der Waals surface area contributed by atoms with Gasteiger partial charge < -0.3 is 9.64 Å². The molecule has 2 fully saturated rings. The number of nitrogens with zero attached hydrogens (tertiary/aromatic N) is 3. The van der Waals surface area contributed by atoms with Crippen LogP contribution in [0.1, 0.15) is 38.2 Å². The number of fused-ring (bicyclic) bond motifs is 2. The molecule has 0 amide bonds. The lowest BCUT2D eigenvalue weighted by molar-refractivity contribution is 0.318. The molecule has 0 radical (unpaired) electrons. The molecule has 3 aliphatic rings. The van der Waals surface area contributed by atoms with Gasteiger partial charge in [-0.1, -0.05) is 18.2 Å². The van der Waals surface area contributed by atoms with Crippen LogP contribution in [0.5, 0.6) is 0 Å². The number of hydrogen-bond donors (Lipinski definition) is 0. The topological polar surface area (TPSA) is 60.0 Å². The van der Waals surface area contributed by atoms with Crippen molar-refractivity contribution in [3.8, 4) is 12.1 Å². The molecule has 134 valence electrons. The van der Waals surface area contributed by atoms with Crippen molar-refractivity contribution in [1.82, 2.24) is 0 Å². The van der Waals surface area contributed by atoms with E-state index in [1.807, 2.05) is 31.2 Å². The van der Waals surface area contributed by atoms with Crippen LogP contribution in [0.3, 0.4) is 0 Å². The Labute approximate surface area is 160 Å². The summed E-state index contributed by atoms with van der Waals surface area (Å²) >= 11 is 0. The molecule has 2 bridgehead atoms. The third-order valence-corrected chi connectivity index (χ3v) is 5.53. The summed E-state index contributed by atoms with van der Waals surface area (Å²) < 4.78 is 5.69. The van der Waals surface area contributed by atoms with Crippen molar-refractivity contribution in [3.63, 3.8) is 0 Å². The molecule has 1 aromatic carbocycles. The molecule has 4 nitrogen and oxygen atoms in total. The van der Waals surface area contributed by atoms with E-state index in [1.165, 1.54) is 31.4 Å². The van der Waals surface area contributed by atoms with Crippen LogP contribution in [-0.4, -0.2) is 12.1 Å². The molecular formula is C23H21N3O. The average Bonchev–Trinajstić information content (AvgIpc) is 3.28. The molecule has 4 heteroatoms. The summed E-state index contributed by atoms with van der Waals surface area (Å²) in [4.78, 5) is 2.59. The first-order valence-corrected chi connectivity index (χ1v) is 9.37. The second-order valence-electron chi connectivity index (χ2n) is 7.25. The Morgan fingerprint density at radius 1 is 1.00 bits per heavy atom. The minimum absolute atomic E-state index is 0.0909. The lowest BCUT2D eigenvalue weighted by atomic mass is 10.0. The lowest BCUT2D eigenvalue weighted by Gasteiger charge is -2.24. The minimum atomic E-state index is 0.0909. The second-order valence-corrected chi connectivity index (χ2v) is 7.25. The van der Waals surface area contributed by atoms with Gasteiger partial charge in [-0.15, -0.1) is 0 Å². The Bertz CT molecular complexity index is 915. The number of ether oxygens (including phenoxy) is 1. The molecule has 0 spiro atoms. The van der Waals surface area contributed by atoms with Gasteiger partial charge in [-0.25, -0.2) is 0 Å². The number of hydrogen-bond acceptors (Lipinski definition) is 4. The quantitative estimate of drug-likeness (QED) is 0.717. The molecule has 0 aromatic heterocycles. The summed E-state index contributed by atoms with van der Waals surface area (Å²) in [6.45, 7) is 1.81. The monoisotopic (exact) mass is 355 g/mol. The van der Waals surface area contributed by atoms with E-state index < -0.39 is 0 Å². The maximum atomic E-state index is 9.06. The molecular weight excluding hydrogens is 334 g/mol. The first-order chi connectivity index (χ1) is 13.2. The second kappa shape index (κ2) is 7.17. The molecule has 27 heavy (non-hydrogen) atoms. The Balaban J connectivity index is 1.51. The predicted molar refractivity (Wildman–Crippen MR) is 105 cm³/mol. The van der Waals surface area contributed by atoms with Crippen molar-refractivity contribution in [2.75, 3.05) is 4.90 Å². The highest BCUT2D eigenvalue weighted by Crippen LogP contribution is 2.40. The van der Waals surface area contributed by atoms with Gasteiger partial charge in [0.15, 0.2) is 0 Å². The van der Waals surface area contributed by atoms with Crippen LogP contribution in [0, 0.1) is 22.7 Å². The number of allylic oxidation sites excluding steroid dienone is 6. The minimum Gasteiger partial charge on any atom is -0.462 e. The van der Waals surface area contributed by atoms with Gasteiger partial charge >= 0.3 is 0 Å². The van der Waals surface area contributed by atoms with Crippen molar-refractivity contribution < 1.29 is 4.74 Å². The third kappa shape index (κ3) is 3.39. The molecule has 3 aliphatic heterocycles. The SMILES string of the molecule is CC1=CC(=C(C#N)C#N)C=C(/C=C/c2ccc(N3C4CCC3CC4)cc2)O1. The number of rotatable bonds is 3. The molecule has 2 saturated heterocycles. The van der Waals surface area contributed by atoms with Gasteiger partial charge in [-0.2, -0.15) is 10.5 Å². The summed E-state index contributed by atoms with van der Waals surface area (Å²) in [5.41, 5.74) is 3.09. The van der Waals surface area contributed by atoms with Crippen molar-refractivity contribution >= 4 is 11.8 Å². The maximum absolute atomic E-state index is 9.06. The summed E-state index contributed by atoms with van der Waals surface area (Å²) in [5, 5.41) is 18.1. The van der Waals surface area contributed by atoms with Crippen LogP contribution in [-0.2, 0) is 4.74 Å². The van der Waals surface area contributed by atoms with E-state index in [-0.39, 0.29) is 5.57 Å². The van der Waals surface area contributed by atoms with Gasteiger partial charge in [0.1, 0.15) is 29.2 Å².